The zero-order valence-corrected chi connectivity index (χ0v) is 16.0. The lowest BCUT2D eigenvalue weighted by Gasteiger charge is -2.30. The van der Waals surface area contributed by atoms with E-state index in [0.717, 1.165) is 38.6 Å². The molecule has 0 aliphatic heterocycles. The Labute approximate surface area is 145 Å². The number of esters is 1. The van der Waals surface area contributed by atoms with Crippen LogP contribution in [0, 0.1) is 5.92 Å². The van der Waals surface area contributed by atoms with E-state index >= 15 is 0 Å². The molecule has 1 aliphatic rings. The number of nitrogens with one attached hydrogen (secondary N) is 1. The Bertz CT molecular complexity index is 345. The van der Waals surface area contributed by atoms with Crippen LogP contribution in [0.5, 0.6) is 0 Å². The van der Waals surface area contributed by atoms with Gasteiger partial charge in [0.2, 0.25) is 0 Å². The number of hydrogen-bond acceptors (Lipinski definition) is 3. The first-order valence-electron chi connectivity index (χ1n) is 7.61. The summed E-state index contributed by atoms with van der Waals surface area (Å²) in [5, 5.41) is 3.24. The number of halogens is 1. The second kappa shape index (κ2) is 9.48. The molecule has 0 radical (unpaired) electrons. The van der Waals surface area contributed by atoms with Gasteiger partial charge in [-0.05, 0) is 52.9 Å². The van der Waals surface area contributed by atoms with Crippen LogP contribution < -0.4 is 11.1 Å². The third kappa shape index (κ3) is 8.48. The molecule has 0 amide bonds. The highest BCUT2D eigenvalue weighted by Gasteiger charge is 2.29. The largest absolute Gasteiger partial charge is 0.460 e. The van der Waals surface area contributed by atoms with Crippen molar-refractivity contribution in [2.45, 2.75) is 71.4 Å². The van der Waals surface area contributed by atoms with Crippen LogP contribution in [0.3, 0.4) is 0 Å². The average molecular weight is 411 g/mol. The topological polar surface area (TPSA) is 76.7 Å². The highest BCUT2D eigenvalue weighted by atomic mass is 127. The van der Waals surface area contributed by atoms with Crippen LogP contribution in [0.2, 0.25) is 0 Å². The van der Waals surface area contributed by atoms with Gasteiger partial charge < -0.3 is 15.8 Å². The summed E-state index contributed by atoms with van der Waals surface area (Å²) in [6, 6.07) is 0.328. The lowest BCUT2D eigenvalue weighted by atomic mass is 9.86. The maximum atomic E-state index is 12.0. The summed E-state index contributed by atoms with van der Waals surface area (Å²) in [5.41, 5.74) is 5.42. The van der Waals surface area contributed by atoms with E-state index in [-0.39, 0.29) is 35.9 Å². The molecule has 3 N–H and O–H groups in total. The van der Waals surface area contributed by atoms with Gasteiger partial charge in [0.05, 0.1) is 5.92 Å². The Balaban J connectivity index is 0.00000400. The lowest BCUT2D eigenvalue weighted by Crippen LogP contribution is -2.43. The van der Waals surface area contributed by atoms with E-state index in [2.05, 4.69) is 17.2 Å². The molecule has 6 heteroatoms. The number of ether oxygens (including phenoxy) is 1. The second-order valence-electron chi connectivity index (χ2n) is 6.49. The molecule has 1 aliphatic carbocycles. The number of rotatable bonds is 4. The van der Waals surface area contributed by atoms with E-state index in [4.69, 9.17) is 10.5 Å². The van der Waals surface area contributed by atoms with Crippen LogP contribution in [0.15, 0.2) is 4.99 Å². The van der Waals surface area contributed by atoms with Crippen molar-refractivity contribution in [1.82, 2.24) is 5.32 Å². The molecule has 21 heavy (non-hydrogen) atoms. The van der Waals surface area contributed by atoms with Gasteiger partial charge in [0.25, 0.3) is 0 Å². The van der Waals surface area contributed by atoms with Gasteiger partial charge in [0.1, 0.15) is 5.60 Å². The summed E-state index contributed by atoms with van der Waals surface area (Å²) in [7, 11) is 0. The fourth-order valence-electron chi connectivity index (χ4n) is 2.35. The molecule has 0 spiro atoms. The smallest absolute Gasteiger partial charge is 0.309 e. The molecule has 0 heterocycles. The fourth-order valence-corrected chi connectivity index (χ4v) is 2.35. The van der Waals surface area contributed by atoms with Crippen molar-refractivity contribution in [3.8, 4) is 0 Å². The van der Waals surface area contributed by atoms with E-state index < -0.39 is 5.60 Å². The van der Waals surface area contributed by atoms with Gasteiger partial charge in [-0.1, -0.05) is 6.92 Å². The number of nitrogens with zero attached hydrogens (tertiary/aromatic N) is 1. The first kappa shape index (κ1) is 20.5. The van der Waals surface area contributed by atoms with Crippen LogP contribution in [-0.4, -0.2) is 30.1 Å². The van der Waals surface area contributed by atoms with E-state index in [1.54, 1.807) is 0 Å². The standard InChI is InChI=1S/C15H29N3O2.HI/c1-5-10-17-14(16)18-12-8-6-11(7-9-12)13(19)20-15(2,3)4;/h11-12H,5-10H2,1-4H3,(H3,16,17,18);1H. The second-order valence-corrected chi connectivity index (χ2v) is 6.49. The van der Waals surface area contributed by atoms with Gasteiger partial charge in [-0.15, -0.1) is 24.0 Å². The monoisotopic (exact) mass is 411 g/mol. The summed E-state index contributed by atoms with van der Waals surface area (Å²) >= 11 is 0. The number of guanidine groups is 1. The average Bonchev–Trinajstić information content (AvgIpc) is 2.35. The molecule has 0 aromatic heterocycles. The molecule has 0 saturated heterocycles. The summed E-state index contributed by atoms with van der Waals surface area (Å²) in [6.45, 7) is 8.55. The van der Waals surface area contributed by atoms with Crippen molar-refractivity contribution < 1.29 is 9.53 Å². The fraction of sp³-hybridized carbons (Fsp3) is 0.867. The van der Waals surface area contributed by atoms with Crippen molar-refractivity contribution in [3.05, 3.63) is 0 Å². The minimum atomic E-state index is -0.399. The van der Waals surface area contributed by atoms with E-state index in [1.807, 2.05) is 20.8 Å². The van der Waals surface area contributed by atoms with Gasteiger partial charge >= 0.3 is 5.97 Å². The van der Waals surface area contributed by atoms with Crippen LogP contribution in [-0.2, 0) is 9.53 Å². The predicted molar refractivity (Wildman–Crippen MR) is 96.9 cm³/mol. The Morgan fingerprint density at radius 1 is 1.29 bits per heavy atom. The van der Waals surface area contributed by atoms with E-state index in [0.29, 0.717) is 12.0 Å². The molecule has 1 fully saturated rings. The van der Waals surface area contributed by atoms with Crippen molar-refractivity contribution >= 4 is 35.9 Å². The molecular formula is C15H30IN3O2. The Morgan fingerprint density at radius 3 is 2.33 bits per heavy atom. The maximum absolute atomic E-state index is 12.0. The number of nitrogens with two attached hydrogens (primary N) is 1. The number of carbonyl (C=O) groups excluding carboxylic acids is 1. The Hall–Kier alpha value is -0.530. The Morgan fingerprint density at radius 2 is 1.86 bits per heavy atom. The molecule has 0 bridgehead atoms. The molecule has 0 unspecified atom stereocenters. The number of aliphatic imine (C=N–C) groups is 1. The van der Waals surface area contributed by atoms with Crippen LogP contribution >= 0.6 is 24.0 Å². The molecule has 1 saturated carbocycles. The zero-order valence-electron chi connectivity index (χ0n) is 13.6. The molecular weight excluding hydrogens is 381 g/mol. The van der Waals surface area contributed by atoms with Gasteiger partial charge in [0.15, 0.2) is 5.96 Å². The first-order chi connectivity index (χ1) is 9.31. The summed E-state index contributed by atoms with van der Waals surface area (Å²) in [4.78, 5) is 16.2. The lowest BCUT2D eigenvalue weighted by molar-refractivity contribution is -0.161. The van der Waals surface area contributed by atoms with Crippen LogP contribution in [0.4, 0.5) is 0 Å². The van der Waals surface area contributed by atoms with Crippen LogP contribution in [0.25, 0.3) is 0 Å². The molecule has 0 aromatic carbocycles. The molecule has 0 atom stereocenters. The van der Waals surface area contributed by atoms with Gasteiger partial charge in [-0.25, -0.2) is 0 Å². The van der Waals surface area contributed by atoms with Crippen molar-refractivity contribution in [2.24, 2.45) is 16.6 Å². The van der Waals surface area contributed by atoms with Crippen molar-refractivity contribution in [1.29, 1.82) is 0 Å². The van der Waals surface area contributed by atoms with E-state index in [9.17, 15) is 4.79 Å². The minimum absolute atomic E-state index is 0. The normalized spacial score (nSPS) is 23.1. The summed E-state index contributed by atoms with van der Waals surface area (Å²) in [6.07, 6.45) is 4.58. The number of carbonyl (C=O) groups is 1. The van der Waals surface area contributed by atoms with Gasteiger partial charge in [-0.3, -0.25) is 9.79 Å². The van der Waals surface area contributed by atoms with E-state index in [1.165, 1.54) is 0 Å². The zero-order chi connectivity index (χ0) is 15.2. The quantitative estimate of drug-likeness (QED) is 0.323. The summed E-state index contributed by atoms with van der Waals surface area (Å²) < 4.78 is 5.44. The van der Waals surface area contributed by atoms with Crippen LogP contribution in [0.1, 0.15) is 59.8 Å². The molecule has 124 valence electrons. The molecule has 0 aromatic rings. The predicted octanol–water partition coefficient (Wildman–Crippen LogP) is 2.82. The van der Waals surface area contributed by atoms with Gasteiger partial charge in [0, 0.05) is 12.6 Å². The highest BCUT2D eigenvalue weighted by Crippen LogP contribution is 2.26. The van der Waals surface area contributed by atoms with Crippen molar-refractivity contribution in [3.63, 3.8) is 0 Å². The third-order valence-electron chi connectivity index (χ3n) is 3.33. The third-order valence-corrected chi connectivity index (χ3v) is 3.33. The molecule has 1 rings (SSSR count). The number of hydrogen-bond donors (Lipinski definition) is 2. The SMILES string of the molecule is CCCN=C(N)NC1CCC(C(=O)OC(C)(C)C)CC1.I. The molecule has 5 nitrogen and oxygen atoms in total. The first-order valence-corrected chi connectivity index (χ1v) is 7.61. The Kier molecular flexibility index (Phi) is 9.24. The summed E-state index contributed by atoms with van der Waals surface area (Å²) in [5.74, 6) is 0.484. The van der Waals surface area contributed by atoms with Gasteiger partial charge in [-0.2, -0.15) is 0 Å². The van der Waals surface area contributed by atoms with Crippen molar-refractivity contribution in [2.75, 3.05) is 6.54 Å². The maximum Gasteiger partial charge on any atom is 0.309 e. The minimum Gasteiger partial charge on any atom is -0.460 e. The highest BCUT2D eigenvalue weighted by molar-refractivity contribution is 14.0.